The van der Waals surface area contributed by atoms with Crippen LogP contribution in [0.2, 0.25) is 0 Å². The van der Waals surface area contributed by atoms with Crippen molar-refractivity contribution in [2.24, 2.45) is 5.73 Å². The number of carbonyl (C=O) groups is 1. The van der Waals surface area contributed by atoms with Gasteiger partial charge in [-0.15, -0.1) is 0 Å². The number of amides is 2. The lowest BCUT2D eigenvalue weighted by Gasteiger charge is -2.16. The summed E-state index contributed by atoms with van der Waals surface area (Å²) in [7, 11) is 1.64. The van der Waals surface area contributed by atoms with Crippen molar-refractivity contribution in [2.45, 2.75) is 6.54 Å². The number of benzene rings is 1. The van der Waals surface area contributed by atoms with E-state index in [1.54, 1.807) is 25.6 Å². The van der Waals surface area contributed by atoms with E-state index in [4.69, 9.17) is 5.73 Å². The molecule has 0 aliphatic rings. The SMILES string of the molecule is CN(C(N)=O)c1cccc(NCc2ccnn2-c2ccncc2)c1. The molecule has 2 heterocycles. The normalized spacial score (nSPS) is 10.4. The van der Waals surface area contributed by atoms with Crippen molar-refractivity contribution in [3.63, 3.8) is 0 Å². The number of pyridine rings is 1. The van der Waals surface area contributed by atoms with E-state index in [0.717, 1.165) is 22.8 Å². The molecule has 3 rings (SSSR count). The van der Waals surface area contributed by atoms with Crippen LogP contribution in [-0.4, -0.2) is 27.8 Å². The monoisotopic (exact) mass is 322 g/mol. The summed E-state index contributed by atoms with van der Waals surface area (Å²) >= 11 is 0. The highest BCUT2D eigenvalue weighted by molar-refractivity contribution is 5.90. The Morgan fingerprint density at radius 1 is 1.21 bits per heavy atom. The third-order valence-corrected chi connectivity index (χ3v) is 3.67. The molecule has 0 fully saturated rings. The molecule has 0 saturated carbocycles. The Balaban J connectivity index is 1.75. The van der Waals surface area contributed by atoms with Crippen LogP contribution in [-0.2, 0) is 6.54 Å². The van der Waals surface area contributed by atoms with Crippen LogP contribution in [0, 0.1) is 0 Å². The predicted molar refractivity (Wildman–Crippen MR) is 93.1 cm³/mol. The fourth-order valence-electron chi connectivity index (χ4n) is 2.33. The Labute approximate surface area is 139 Å². The van der Waals surface area contributed by atoms with Gasteiger partial charge in [0.25, 0.3) is 0 Å². The molecule has 0 aliphatic heterocycles. The molecule has 3 aromatic rings. The lowest BCUT2D eigenvalue weighted by molar-refractivity contribution is 0.255. The molecular formula is C17H18N6O. The first kappa shape index (κ1) is 15.5. The molecular weight excluding hydrogens is 304 g/mol. The highest BCUT2D eigenvalue weighted by Crippen LogP contribution is 2.19. The number of nitrogens with one attached hydrogen (secondary N) is 1. The van der Waals surface area contributed by atoms with E-state index in [9.17, 15) is 4.79 Å². The Bertz CT molecular complexity index is 830. The number of rotatable bonds is 5. The van der Waals surface area contributed by atoms with Gasteiger partial charge in [-0.3, -0.25) is 9.88 Å². The lowest BCUT2D eigenvalue weighted by atomic mass is 10.2. The summed E-state index contributed by atoms with van der Waals surface area (Å²) in [6, 6.07) is 12.8. The van der Waals surface area contributed by atoms with Gasteiger partial charge in [-0.2, -0.15) is 5.10 Å². The second-order valence-corrected chi connectivity index (χ2v) is 5.24. The Kier molecular flexibility index (Phi) is 4.42. The molecule has 0 saturated heterocycles. The molecule has 2 aromatic heterocycles. The van der Waals surface area contributed by atoms with Crippen LogP contribution in [0.3, 0.4) is 0 Å². The van der Waals surface area contributed by atoms with E-state index in [1.807, 2.05) is 47.1 Å². The highest BCUT2D eigenvalue weighted by Gasteiger charge is 2.08. The molecule has 0 radical (unpaired) electrons. The first-order valence-corrected chi connectivity index (χ1v) is 7.45. The molecule has 122 valence electrons. The second-order valence-electron chi connectivity index (χ2n) is 5.24. The number of hydrogen-bond donors (Lipinski definition) is 2. The smallest absolute Gasteiger partial charge is 0.318 e. The van der Waals surface area contributed by atoms with E-state index in [-0.39, 0.29) is 0 Å². The minimum absolute atomic E-state index is 0.497. The summed E-state index contributed by atoms with van der Waals surface area (Å²) in [6.45, 7) is 0.589. The van der Waals surface area contributed by atoms with Gasteiger partial charge < -0.3 is 11.1 Å². The first-order valence-electron chi connectivity index (χ1n) is 7.45. The van der Waals surface area contributed by atoms with Crippen LogP contribution in [0.5, 0.6) is 0 Å². The molecule has 3 N–H and O–H groups in total. The van der Waals surface area contributed by atoms with Gasteiger partial charge in [-0.25, -0.2) is 9.48 Å². The molecule has 0 aliphatic carbocycles. The zero-order chi connectivity index (χ0) is 16.9. The van der Waals surface area contributed by atoms with Crippen LogP contribution in [0.4, 0.5) is 16.2 Å². The van der Waals surface area contributed by atoms with Gasteiger partial charge >= 0.3 is 6.03 Å². The maximum absolute atomic E-state index is 11.3. The largest absolute Gasteiger partial charge is 0.379 e. The topological polar surface area (TPSA) is 89.1 Å². The number of nitrogens with two attached hydrogens (primary N) is 1. The molecule has 7 heteroatoms. The third-order valence-electron chi connectivity index (χ3n) is 3.67. The van der Waals surface area contributed by atoms with Crippen molar-refractivity contribution in [3.05, 3.63) is 66.7 Å². The molecule has 0 unspecified atom stereocenters. The number of carbonyl (C=O) groups excluding carboxylic acids is 1. The number of urea groups is 1. The Morgan fingerprint density at radius 3 is 2.75 bits per heavy atom. The van der Waals surface area contributed by atoms with Gasteiger partial charge in [0.1, 0.15) is 0 Å². The van der Waals surface area contributed by atoms with E-state index in [2.05, 4.69) is 15.4 Å². The summed E-state index contributed by atoms with van der Waals surface area (Å²) in [5, 5.41) is 7.68. The lowest BCUT2D eigenvalue weighted by Crippen LogP contribution is -2.31. The van der Waals surface area contributed by atoms with Gasteiger partial charge in [-0.1, -0.05) is 6.07 Å². The molecule has 0 atom stereocenters. The molecule has 1 aromatic carbocycles. The van der Waals surface area contributed by atoms with Gasteiger partial charge in [0.15, 0.2) is 0 Å². The highest BCUT2D eigenvalue weighted by atomic mass is 16.2. The van der Waals surface area contributed by atoms with Crippen LogP contribution < -0.4 is 16.0 Å². The molecule has 2 amide bonds. The van der Waals surface area contributed by atoms with Crippen molar-refractivity contribution < 1.29 is 4.79 Å². The van der Waals surface area contributed by atoms with Gasteiger partial charge in [0.2, 0.25) is 0 Å². The predicted octanol–water partition coefficient (Wildman–Crippen LogP) is 2.39. The van der Waals surface area contributed by atoms with Gasteiger partial charge in [0.05, 0.1) is 17.9 Å². The van der Waals surface area contributed by atoms with Crippen molar-refractivity contribution in [3.8, 4) is 5.69 Å². The number of primary amides is 1. The van der Waals surface area contributed by atoms with Crippen molar-refractivity contribution >= 4 is 17.4 Å². The van der Waals surface area contributed by atoms with Crippen LogP contribution >= 0.6 is 0 Å². The number of nitrogens with zero attached hydrogens (tertiary/aromatic N) is 4. The minimum Gasteiger partial charge on any atom is -0.379 e. The first-order chi connectivity index (χ1) is 11.6. The maximum atomic E-state index is 11.3. The number of aromatic nitrogens is 3. The Hall–Kier alpha value is -3.35. The van der Waals surface area contributed by atoms with Crippen LogP contribution in [0.25, 0.3) is 5.69 Å². The average Bonchev–Trinajstić information content (AvgIpc) is 3.09. The van der Waals surface area contributed by atoms with Crippen LogP contribution in [0.15, 0.2) is 61.1 Å². The quantitative estimate of drug-likeness (QED) is 0.755. The average molecular weight is 322 g/mol. The maximum Gasteiger partial charge on any atom is 0.318 e. The summed E-state index contributed by atoms with van der Waals surface area (Å²) in [4.78, 5) is 16.7. The van der Waals surface area contributed by atoms with Gasteiger partial charge in [-0.05, 0) is 36.4 Å². The zero-order valence-electron chi connectivity index (χ0n) is 13.3. The number of hydrogen-bond acceptors (Lipinski definition) is 4. The zero-order valence-corrected chi connectivity index (χ0v) is 13.3. The van der Waals surface area contributed by atoms with E-state index < -0.39 is 6.03 Å². The van der Waals surface area contributed by atoms with E-state index >= 15 is 0 Å². The molecule has 0 bridgehead atoms. The van der Waals surface area contributed by atoms with Crippen molar-refractivity contribution in [2.75, 3.05) is 17.3 Å². The fraction of sp³-hybridized carbons (Fsp3) is 0.118. The van der Waals surface area contributed by atoms with E-state index in [1.165, 1.54) is 4.90 Å². The van der Waals surface area contributed by atoms with Crippen molar-refractivity contribution in [1.82, 2.24) is 14.8 Å². The summed E-state index contributed by atoms with van der Waals surface area (Å²) in [6.07, 6.45) is 5.23. The number of anilines is 2. The summed E-state index contributed by atoms with van der Waals surface area (Å²) < 4.78 is 1.86. The molecule has 7 nitrogen and oxygen atoms in total. The van der Waals surface area contributed by atoms with E-state index in [0.29, 0.717) is 6.54 Å². The minimum atomic E-state index is -0.497. The standard InChI is InChI=1S/C17H18N6O/c1-22(17(18)24)15-4-2-3-13(11-15)20-12-16-7-10-21-23(16)14-5-8-19-9-6-14/h2-11,20H,12H2,1H3,(H2,18,24). The summed E-state index contributed by atoms with van der Waals surface area (Å²) in [5.41, 5.74) is 8.89. The molecule has 0 spiro atoms. The van der Waals surface area contributed by atoms with Gasteiger partial charge in [0, 0.05) is 37.0 Å². The summed E-state index contributed by atoms with van der Waals surface area (Å²) in [5.74, 6) is 0. The third kappa shape index (κ3) is 3.35. The van der Waals surface area contributed by atoms with Crippen LogP contribution in [0.1, 0.15) is 5.69 Å². The fourth-order valence-corrected chi connectivity index (χ4v) is 2.33. The second kappa shape index (κ2) is 6.82. The van der Waals surface area contributed by atoms with Crippen molar-refractivity contribution in [1.29, 1.82) is 0 Å². The Morgan fingerprint density at radius 2 is 2.00 bits per heavy atom. The molecule has 24 heavy (non-hydrogen) atoms.